The van der Waals surface area contributed by atoms with Crippen molar-refractivity contribution in [2.75, 3.05) is 7.11 Å². The van der Waals surface area contributed by atoms with Crippen LogP contribution in [0.2, 0.25) is 0 Å². The maximum absolute atomic E-state index is 12.4. The Bertz CT molecular complexity index is 717. The van der Waals surface area contributed by atoms with Gasteiger partial charge < -0.3 is 15.0 Å². The predicted octanol–water partition coefficient (Wildman–Crippen LogP) is 2.77. The summed E-state index contributed by atoms with van der Waals surface area (Å²) in [5.41, 5.74) is 3.36. The van der Waals surface area contributed by atoms with E-state index in [2.05, 4.69) is 10.3 Å². The molecule has 0 atom stereocenters. The molecule has 22 heavy (non-hydrogen) atoms. The number of H-pyrrole nitrogens is 1. The van der Waals surface area contributed by atoms with Crippen LogP contribution in [-0.2, 0) is 6.54 Å². The van der Waals surface area contributed by atoms with Crippen LogP contribution in [-0.4, -0.2) is 23.8 Å². The number of hydrogen-bond acceptors (Lipinski definition) is 3. The van der Waals surface area contributed by atoms with Gasteiger partial charge in [0.15, 0.2) is 5.78 Å². The van der Waals surface area contributed by atoms with Gasteiger partial charge in [-0.2, -0.15) is 0 Å². The number of aromatic amines is 1. The third-order valence-electron chi connectivity index (χ3n) is 3.60. The molecule has 2 aromatic rings. The third kappa shape index (κ3) is 3.19. The standard InChI is InChI=1S/C17H20N2O3/c1-10-15(11(2)19-16(10)12(3)20)17(21)18-9-13-6-5-7-14(8-13)22-4/h5-8,19H,9H2,1-4H3,(H,18,21). The zero-order valence-corrected chi connectivity index (χ0v) is 13.2. The number of ketones is 1. The van der Waals surface area contributed by atoms with Crippen LogP contribution in [0.15, 0.2) is 24.3 Å². The Balaban J connectivity index is 2.14. The van der Waals surface area contributed by atoms with Gasteiger partial charge in [0.1, 0.15) is 5.75 Å². The molecule has 1 aromatic heterocycles. The van der Waals surface area contributed by atoms with Crippen molar-refractivity contribution in [1.82, 2.24) is 10.3 Å². The minimum absolute atomic E-state index is 0.0764. The van der Waals surface area contributed by atoms with E-state index in [9.17, 15) is 9.59 Å². The first kappa shape index (κ1) is 15.8. The fourth-order valence-corrected chi connectivity index (χ4v) is 2.50. The highest BCUT2D eigenvalue weighted by molar-refractivity contribution is 6.02. The normalized spacial score (nSPS) is 10.4. The lowest BCUT2D eigenvalue weighted by atomic mass is 10.1. The third-order valence-corrected chi connectivity index (χ3v) is 3.60. The van der Waals surface area contributed by atoms with Gasteiger partial charge in [-0.15, -0.1) is 0 Å². The Labute approximate surface area is 129 Å². The van der Waals surface area contributed by atoms with Crippen LogP contribution in [0.4, 0.5) is 0 Å². The molecular weight excluding hydrogens is 280 g/mol. The van der Waals surface area contributed by atoms with E-state index in [1.54, 1.807) is 21.0 Å². The predicted molar refractivity (Wildman–Crippen MR) is 84.4 cm³/mol. The molecule has 0 bridgehead atoms. The summed E-state index contributed by atoms with van der Waals surface area (Å²) in [5.74, 6) is 0.480. The quantitative estimate of drug-likeness (QED) is 0.834. The summed E-state index contributed by atoms with van der Waals surface area (Å²) >= 11 is 0. The zero-order chi connectivity index (χ0) is 16.3. The highest BCUT2D eigenvalue weighted by atomic mass is 16.5. The number of aromatic nitrogens is 1. The van der Waals surface area contributed by atoms with Gasteiger partial charge in [-0.3, -0.25) is 9.59 Å². The van der Waals surface area contributed by atoms with Crippen molar-refractivity contribution in [2.24, 2.45) is 0 Å². The fraction of sp³-hybridized carbons (Fsp3) is 0.294. The number of carbonyl (C=O) groups excluding carboxylic acids is 2. The SMILES string of the molecule is COc1cccc(CNC(=O)c2c(C)[nH]c(C(C)=O)c2C)c1. The second-order valence-corrected chi connectivity index (χ2v) is 5.22. The number of Topliss-reactive ketones (excluding diaryl/α,β-unsaturated/α-hetero) is 1. The highest BCUT2D eigenvalue weighted by Gasteiger charge is 2.19. The van der Waals surface area contributed by atoms with Crippen molar-refractivity contribution in [2.45, 2.75) is 27.3 Å². The number of carbonyl (C=O) groups is 2. The molecule has 5 heteroatoms. The van der Waals surface area contributed by atoms with Gasteiger partial charge in [0.25, 0.3) is 5.91 Å². The number of methoxy groups -OCH3 is 1. The van der Waals surface area contributed by atoms with Gasteiger partial charge in [-0.25, -0.2) is 0 Å². The fourth-order valence-electron chi connectivity index (χ4n) is 2.50. The van der Waals surface area contributed by atoms with E-state index in [1.807, 2.05) is 24.3 Å². The largest absolute Gasteiger partial charge is 0.497 e. The van der Waals surface area contributed by atoms with E-state index in [4.69, 9.17) is 4.74 Å². The van der Waals surface area contributed by atoms with Gasteiger partial charge in [0.05, 0.1) is 18.4 Å². The lowest BCUT2D eigenvalue weighted by molar-refractivity contribution is 0.0949. The van der Waals surface area contributed by atoms with E-state index < -0.39 is 0 Å². The molecule has 1 heterocycles. The molecule has 2 N–H and O–H groups in total. The van der Waals surface area contributed by atoms with Gasteiger partial charge in [0, 0.05) is 19.2 Å². The van der Waals surface area contributed by atoms with Crippen molar-refractivity contribution in [3.63, 3.8) is 0 Å². The monoisotopic (exact) mass is 300 g/mol. The second kappa shape index (κ2) is 6.47. The summed E-state index contributed by atoms with van der Waals surface area (Å²) in [7, 11) is 1.60. The van der Waals surface area contributed by atoms with E-state index >= 15 is 0 Å². The van der Waals surface area contributed by atoms with Crippen molar-refractivity contribution in [3.8, 4) is 5.75 Å². The molecule has 0 unspecified atom stereocenters. The summed E-state index contributed by atoms with van der Waals surface area (Å²) in [6.07, 6.45) is 0. The van der Waals surface area contributed by atoms with Crippen molar-refractivity contribution >= 4 is 11.7 Å². The average Bonchev–Trinajstić information content (AvgIpc) is 2.80. The number of hydrogen-bond donors (Lipinski definition) is 2. The van der Waals surface area contributed by atoms with Crippen molar-refractivity contribution in [3.05, 3.63) is 52.3 Å². The molecule has 0 radical (unpaired) electrons. The van der Waals surface area contributed by atoms with Gasteiger partial charge in [0.2, 0.25) is 0 Å². The summed E-state index contributed by atoms with van der Waals surface area (Å²) < 4.78 is 5.16. The van der Waals surface area contributed by atoms with E-state index in [0.717, 1.165) is 11.3 Å². The van der Waals surface area contributed by atoms with Crippen molar-refractivity contribution < 1.29 is 14.3 Å². The van der Waals surface area contributed by atoms with Gasteiger partial charge in [-0.05, 0) is 37.1 Å². The second-order valence-electron chi connectivity index (χ2n) is 5.22. The number of rotatable bonds is 5. The molecule has 116 valence electrons. The molecule has 0 fully saturated rings. The summed E-state index contributed by atoms with van der Waals surface area (Å²) in [5, 5.41) is 2.87. The minimum atomic E-state index is -0.193. The summed E-state index contributed by atoms with van der Waals surface area (Å²) in [4.78, 5) is 26.9. The molecule has 0 aliphatic carbocycles. The Morgan fingerprint density at radius 1 is 1.27 bits per heavy atom. The number of aryl methyl sites for hydroxylation is 1. The number of benzene rings is 1. The Morgan fingerprint density at radius 3 is 2.59 bits per heavy atom. The van der Waals surface area contributed by atoms with Crippen LogP contribution in [0.3, 0.4) is 0 Å². The topological polar surface area (TPSA) is 71.2 Å². The number of amides is 1. The minimum Gasteiger partial charge on any atom is -0.497 e. The average molecular weight is 300 g/mol. The first-order valence-electron chi connectivity index (χ1n) is 7.05. The molecule has 0 aliphatic rings. The molecule has 0 saturated carbocycles. The van der Waals surface area contributed by atoms with Crippen LogP contribution in [0, 0.1) is 13.8 Å². The van der Waals surface area contributed by atoms with Gasteiger partial charge in [-0.1, -0.05) is 12.1 Å². The molecule has 0 saturated heterocycles. The molecule has 1 aromatic carbocycles. The molecule has 2 rings (SSSR count). The first-order chi connectivity index (χ1) is 10.4. The lowest BCUT2D eigenvalue weighted by Gasteiger charge is -2.07. The smallest absolute Gasteiger partial charge is 0.253 e. The number of ether oxygens (including phenoxy) is 1. The van der Waals surface area contributed by atoms with Crippen LogP contribution in [0.5, 0.6) is 5.75 Å². The Kier molecular flexibility index (Phi) is 4.65. The molecule has 5 nitrogen and oxygen atoms in total. The van der Waals surface area contributed by atoms with Crippen molar-refractivity contribution in [1.29, 1.82) is 0 Å². The zero-order valence-electron chi connectivity index (χ0n) is 13.2. The first-order valence-corrected chi connectivity index (χ1v) is 7.05. The number of nitrogens with one attached hydrogen (secondary N) is 2. The van der Waals surface area contributed by atoms with Crippen LogP contribution >= 0.6 is 0 Å². The summed E-state index contributed by atoms with van der Waals surface area (Å²) in [6.45, 7) is 5.45. The molecular formula is C17H20N2O3. The van der Waals surface area contributed by atoms with Crippen LogP contribution < -0.4 is 10.1 Å². The molecule has 0 aliphatic heterocycles. The molecule has 1 amide bonds. The van der Waals surface area contributed by atoms with Crippen LogP contribution in [0.1, 0.15) is 44.6 Å². The highest BCUT2D eigenvalue weighted by Crippen LogP contribution is 2.19. The van der Waals surface area contributed by atoms with E-state index in [0.29, 0.717) is 29.1 Å². The Morgan fingerprint density at radius 2 is 2.00 bits per heavy atom. The molecule has 0 spiro atoms. The van der Waals surface area contributed by atoms with E-state index in [1.165, 1.54) is 6.92 Å². The maximum atomic E-state index is 12.4. The lowest BCUT2D eigenvalue weighted by Crippen LogP contribution is -2.23. The Hall–Kier alpha value is -2.56. The summed E-state index contributed by atoms with van der Waals surface area (Å²) in [6, 6.07) is 7.52. The van der Waals surface area contributed by atoms with E-state index in [-0.39, 0.29) is 11.7 Å². The maximum Gasteiger partial charge on any atom is 0.253 e. The van der Waals surface area contributed by atoms with Gasteiger partial charge >= 0.3 is 0 Å². The van der Waals surface area contributed by atoms with Crippen LogP contribution in [0.25, 0.3) is 0 Å².